The Morgan fingerprint density at radius 2 is 1.45 bits per heavy atom. The molecule has 1 atom stereocenters. The van der Waals surface area contributed by atoms with E-state index in [2.05, 4.69) is 15.9 Å². The van der Waals surface area contributed by atoms with Gasteiger partial charge in [-0.3, -0.25) is 9.45 Å². The van der Waals surface area contributed by atoms with E-state index in [1.807, 2.05) is 36.4 Å². The number of nitrogens with zero attached hydrogens (tertiary/aromatic N) is 2. The van der Waals surface area contributed by atoms with Crippen LogP contribution in [0, 0.1) is 0 Å². The van der Waals surface area contributed by atoms with Gasteiger partial charge in [0.2, 0.25) is 0 Å². The van der Waals surface area contributed by atoms with Crippen LogP contribution in [-0.4, -0.2) is 14.8 Å². The van der Waals surface area contributed by atoms with E-state index in [9.17, 15) is 13.6 Å². The van der Waals surface area contributed by atoms with E-state index < -0.39 is 17.3 Å². The highest BCUT2D eigenvalue weighted by atomic mass is 79.9. The molecule has 3 N–H and O–H groups in total. The molecule has 0 bridgehead atoms. The summed E-state index contributed by atoms with van der Waals surface area (Å²) >= 11 is 1.05. The predicted octanol–water partition coefficient (Wildman–Crippen LogP) is 5.28. The van der Waals surface area contributed by atoms with E-state index >= 15 is 0 Å². The van der Waals surface area contributed by atoms with Gasteiger partial charge < -0.3 is 5.73 Å². The normalized spacial score (nSPS) is 11.9. The number of urea groups is 1. The minimum absolute atomic E-state index is 0.343. The van der Waals surface area contributed by atoms with Gasteiger partial charge in [-0.1, -0.05) is 54.6 Å². The van der Waals surface area contributed by atoms with Crippen LogP contribution in [0.1, 0.15) is 5.56 Å². The lowest BCUT2D eigenvalue weighted by atomic mass is 10.2. The number of para-hydroxylation sites is 3. The van der Waals surface area contributed by atoms with Crippen LogP contribution in [0.2, 0.25) is 0 Å². The second kappa shape index (κ2) is 9.51. The van der Waals surface area contributed by atoms with Crippen LogP contribution in [0.5, 0.6) is 0 Å². The number of rotatable bonds is 6. The highest BCUT2D eigenvalue weighted by molar-refractivity contribution is 9.10. The Balaban J connectivity index is 2.10. The van der Waals surface area contributed by atoms with Crippen molar-refractivity contribution in [2.45, 2.75) is 0 Å². The zero-order valence-electron chi connectivity index (χ0n) is 15.2. The van der Waals surface area contributed by atoms with Gasteiger partial charge in [-0.05, 0) is 51.8 Å². The van der Waals surface area contributed by atoms with E-state index in [0.29, 0.717) is 21.5 Å². The molecule has 2 amide bonds. The Kier molecular flexibility index (Phi) is 6.82. The first kappa shape index (κ1) is 20.8. The first-order chi connectivity index (χ1) is 14.0. The molecule has 0 radical (unpaired) electrons. The van der Waals surface area contributed by atoms with Crippen molar-refractivity contribution in [1.82, 2.24) is 0 Å². The van der Waals surface area contributed by atoms with Crippen LogP contribution in [0.15, 0.2) is 89.5 Å². The highest BCUT2D eigenvalue weighted by Gasteiger charge is 2.23. The lowest BCUT2D eigenvalue weighted by molar-refractivity contribution is 0.256. The maximum absolute atomic E-state index is 12.3. The molecule has 0 saturated carbocycles. The van der Waals surface area contributed by atoms with Crippen LogP contribution < -0.4 is 14.9 Å². The van der Waals surface area contributed by atoms with Crippen LogP contribution in [0.3, 0.4) is 0 Å². The zero-order chi connectivity index (χ0) is 20.8. The van der Waals surface area contributed by atoms with Crippen molar-refractivity contribution in [3.05, 3.63) is 95.1 Å². The summed E-state index contributed by atoms with van der Waals surface area (Å²) in [5, 5.41) is 0. The third-order valence-electron chi connectivity index (χ3n) is 4.04. The SMILES string of the molecule is NC(=O)N(c1ccccc1Br)c1ccccc1N(C=Cc1ccccc1)S(=O)O. The van der Waals surface area contributed by atoms with Crippen LogP contribution in [-0.2, 0) is 11.3 Å². The molecule has 148 valence electrons. The van der Waals surface area contributed by atoms with Gasteiger partial charge in [0.15, 0.2) is 0 Å². The van der Waals surface area contributed by atoms with Gasteiger partial charge in [-0.2, -0.15) is 0 Å². The van der Waals surface area contributed by atoms with Crippen molar-refractivity contribution >= 4 is 56.4 Å². The fraction of sp³-hybridized carbons (Fsp3) is 0. The molecule has 0 heterocycles. The van der Waals surface area contributed by atoms with E-state index in [1.165, 1.54) is 11.1 Å². The number of hydrogen-bond acceptors (Lipinski definition) is 2. The first-order valence-corrected chi connectivity index (χ1v) is 10.4. The molecular formula is C21H18BrN3O3S. The molecule has 0 spiro atoms. The molecule has 6 nitrogen and oxygen atoms in total. The monoisotopic (exact) mass is 471 g/mol. The first-order valence-electron chi connectivity index (χ1n) is 8.55. The molecule has 0 fully saturated rings. The van der Waals surface area contributed by atoms with Crippen molar-refractivity contribution in [2.75, 3.05) is 9.21 Å². The number of carbonyl (C=O) groups excluding carboxylic acids is 1. The van der Waals surface area contributed by atoms with Gasteiger partial charge in [-0.15, -0.1) is 0 Å². The van der Waals surface area contributed by atoms with Gasteiger partial charge in [0.25, 0.3) is 11.3 Å². The summed E-state index contributed by atoms with van der Waals surface area (Å²) in [5.74, 6) is 0. The summed E-state index contributed by atoms with van der Waals surface area (Å²) in [6, 6.07) is 22.5. The molecule has 3 aromatic carbocycles. The largest absolute Gasteiger partial charge is 0.351 e. The van der Waals surface area contributed by atoms with E-state index in [-0.39, 0.29) is 0 Å². The van der Waals surface area contributed by atoms with Gasteiger partial charge in [-0.25, -0.2) is 13.3 Å². The highest BCUT2D eigenvalue weighted by Crippen LogP contribution is 2.38. The van der Waals surface area contributed by atoms with Crippen molar-refractivity contribution in [3.63, 3.8) is 0 Å². The minimum atomic E-state index is -2.37. The summed E-state index contributed by atoms with van der Waals surface area (Å²) in [6.07, 6.45) is 3.20. The molecule has 0 aromatic heterocycles. The van der Waals surface area contributed by atoms with Gasteiger partial charge in [0.05, 0.1) is 17.1 Å². The Bertz CT molecular complexity index is 1060. The molecule has 0 aliphatic heterocycles. The predicted molar refractivity (Wildman–Crippen MR) is 121 cm³/mol. The van der Waals surface area contributed by atoms with Crippen molar-refractivity contribution < 1.29 is 13.6 Å². The average molecular weight is 472 g/mol. The van der Waals surface area contributed by atoms with Crippen molar-refractivity contribution in [1.29, 1.82) is 0 Å². The van der Waals surface area contributed by atoms with Crippen LogP contribution >= 0.6 is 15.9 Å². The van der Waals surface area contributed by atoms with Crippen LogP contribution in [0.25, 0.3) is 6.08 Å². The topological polar surface area (TPSA) is 86.9 Å². The summed E-state index contributed by atoms with van der Waals surface area (Å²) in [4.78, 5) is 13.6. The number of carbonyl (C=O) groups is 1. The lowest BCUT2D eigenvalue weighted by Gasteiger charge is -2.27. The fourth-order valence-corrected chi connectivity index (χ4v) is 3.72. The van der Waals surface area contributed by atoms with Gasteiger partial charge in [0, 0.05) is 10.7 Å². The van der Waals surface area contributed by atoms with Crippen molar-refractivity contribution in [3.8, 4) is 0 Å². The van der Waals surface area contributed by atoms with Gasteiger partial charge in [0.1, 0.15) is 0 Å². The molecule has 3 rings (SSSR count). The van der Waals surface area contributed by atoms with Crippen LogP contribution in [0.4, 0.5) is 21.9 Å². The molecule has 8 heteroatoms. The lowest BCUT2D eigenvalue weighted by Crippen LogP contribution is -2.33. The maximum atomic E-state index is 12.3. The molecule has 0 saturated heterocycles. The third kappa shape index (κ3) is 4.92. The third-order valence-corrected chi connectivity index (χ3v) is 5.37. The Hall–Kier alpha value is -2.94. The Morgan fingerprint density at radius 3 is 2.03 bits per heavy atom. The number of hydrogen-bond donors (Lipinski definition) is 2. The molecule has 1 unspecified atom stereocenters. The number of amides is 2. The average Bonchev–Trinajstić information content (AvgIpc) is 2.71. The standard InChI is InChI=1S/C21H18BrN3O3S/c22-17-10-4-5-11-18(17)25(21(23)26)20-13-7-6-12-19(20)24(29(27)28)15-14-16-8-2-1-3-9-16/h1-15H,(H2,23,26)(H,27,28). The molecule has 3 aromatic rings. The minimum Gasteiger partial charge on any atom is -0.351 e. The number of anilines is 3. The summed E-state index contributed by atoms with van der Waals surface area (Å²) in [7, 11) is 0. The number of halogens is 1. The summed E-state index contributed by atoms with van der Waals surface area (Å²) in [5.41, 5.74) is 7.76. The fourth-order valence-electron chi connectivity index (χ4n) is 2.77. The van der Waals surface area contributed by atoms with Crippen molar-refractivity contribution in [2.24, 2.45) is 5.73 Å². The van der Waals surface area contributed by atoms with E-state index in [4.69, 9.17) is 5.73 Å². The number of primary amides is 1. The quantitative estimate of drug-likeness (QED) is 0.479. The maximum Gasteiger partial charge on any atom is 0.323 e. The zero-order valence-corrected chi connectivity index (χ0v) is 17.6. The molecule has 0 aliphatic rings. The molecule has 0 aliphatic carbocycles. The summed E-state index contributed by atoms with van der Waals surface area (Å²) in [6.45, 7) is 0. The Morgan fingerprint density at radius 1 is 0.897 bits per heavy atom. The Labute approximate surface area is 179 Å². The summed E-state index contributed by atoms with van der Waals surface area (Å²) < 4.78 is 23.8. The smallest absolute Gasteiger partial charge is 0.323 e. The second-order valence-corrected chi connectivity index (χ2v) is 7.61. The number of nitrogens with two attached hydrogens (primary N) is 1. The van der Waals surface area contributed by atoms with E-state index in [1.54, 1.807) is 48.5 Å². The van der Waals surface area contributed by atoms with Gasteiger partial charge >= 0.3 is 6.03 Å². The second-order valence-electron chi connectivity index (χ2n) is 5.90. The van der Waals surface area contributed by atoms with E-state index in [0.717, 1.165) is 9.87 Å². The molecule has 29 heavy (non-hydrogen) atoms. The molecular weight excluding hydrogens is 454 g/mol. The number of benzene rings is 3.